The quantitative estimate of drug-likeness (QED) is 0.882. The van der Waals surface area contributed by atoms with Gasteiger partial charge < -0.3 is 15.5 Å². The van der Waals surface area contributed by atoms with Crippen molar-refractivity contribution in [2.45, 2.75) is 50.9 Å². The standard InChI is InChI=1S/C14H17F3N2O2/c1-7-11(8(6-21-7)14(15,16)17)12(20)19-10-5-9(18)13(10)3-2-4-13/h6,9-10H,2-5,18H2,1H3,(H,19,20). The maximum absolute atomic E-state index is 12.9. The molecule has 1 amide bonds. The van der Waals surface area contributed by atoms with Gasteiger partial charge in [-0.05, 0) is 26.2 Å². The average molecular weight is 302 g/mol. The van der Waals surface area contributed by atoms with E-state index in [1.54, 1.807) is 0 Å². The van der Waals surface area contributed by atoms with Crippen LogP contribution in [-0.2, 0) is 6.18 Å². The molecule has 2 aliphatic carbocycles. The molecule has 116 valence electrons. The lowest BCUT2D eigenvalue weighted by atomic mass is 9.50. The molecular formula is C14H17F3N2O2. The number of amides is 1. The topological polar surface area (TPSA) is 68.3 Å². The van der Waals surface area contributed by atoms with Gasteiger partial charge in [0.05, 0.1) is 5.56 Å². The van der Waals surface area contributed by atoms with Crippen molar-refractivity contribution in [1.82, 2.24) is 5.32 Å². The van der Waals surface area contributed by atoms with Crippen molar-refractivity contribution < 1.29 is 22.4 Å². The molecule has 1 aromatic heterocycles. The van der Waals surface area contributed by atoms with Crippen LogP contribution in [0.4, 0.5) is 13.2 Å². The molecule has 0 saturated heterocycles. The molecule has 3 N–H and O–H groups in total. The van der Waals surface area contributed by atoms with Crippen LogP contribution in [0.2, 0.25) is 0 Å². The number of alkyl halides is 3. The zero-order valence-electron chi connectivity index (χ0n) is 11.6. The van der Waals surface area contributed by atoms with Crippen LogP contribution in [0.3, 0.4) is 0 Å². The summed E-state index contributed by atoms with van der Waals surface area (Å²) in [7, 11) is 0. The molecule has 2 unspecified atom stereocenters. The SMILES string of the molecule is Cc1occ(C(F)(F)F)c1C(=O)NC1CC(N)C12CCC2. The van der Waals surface area contributed by atoms with E-state index in [9.17, 15) is 18.0 Å². The maximum atomic E-state index is 12.9. The number of carbonyl (C=O) groups excluding carboxylic acids is 1. The Morgan fingerprint density at radius 3 is 2.62 bits per heavy atom. The zero-order chi connectivity index (χ0) is 15.4. The van der Waals surface area contributed by atoms with Gasteiger partial charge >= 0.3 is 6.18 Å². The summed E-state index contributed by atoms with van der Waals surface area (Å²) in [5.41, 5.74) is 4.43. The first-order valence-corrected chi connectivity index (χ1v) is 6.97. The van der Waals surface area contributed by atoms with Gasteiger partial charge in [-0.15, -0.1) is 0 Å². The lowest BCUT2D eigenvalue weighted by Gasteiger charge is -2.60. The summed E-state index contributed by atoms with van der Waals surface area (Å²) in [6, 6.07) is -0.104. The molecule has 0 aliphatic heterocycles. The smallest absolute Gasteiger partial charge is 0.420 e. The highest BCUT2D eigenvalue weighted by Crippen LogP contribution is 2.55. The number of rotatable bonds is 2. The van der Waals surface area contributed by atoms with Crippen LogP contribution >= 0.6 is 0 Å². The summed E-state index contributed by atoms with van der Waals surface area (Å²) < 4.78 is 43.4. The molecule has 2 saturated carbocycles. The molecule has 1 heterocycles. The Bertz CT molecular complexity index is 575. The Hall–Kier alpha value is -1.50. The normalized spacial score (nSPS) is 27.1. The van der Waals surface area contributed by atoms with Crippen molar-refractivity contribution in [3.8, 4) is 0 Å². The van der Waals surface area contributed by atoms with Crippen LogP contribution in [0.5, 0.6) is 0 Å². The first-order chi connectivity index (χ1) is 9.75. The van der Waals surface area contributed by atoms with Crippen molar-refractivity contribution in [2.75, 3.05) is 0 Å². The molecule has 0 bridgehead atoms. The van der Waals surface area contributed by atoms with Crippen LogP contribution in [0.1, 0.15) is 47.4 Å². The van der Waals surface area contributed by atoms with E-state index in [0.29, 0.717) is 12.7 Å². The van der Waals surface area contributed by atoms with Gasteiger partial charge in [0, 0.05) is 17.5 Å². The van der Waals surface area contributed by atoms with Crippen LogP contribution in [-0.4, -0.2) is 18.0 Å². The van der Waals surface area contributed by atoms with Gasteiger partial charge in [-0.2, -0.15) is 13.2 Å². The van der Waals surface area contributed by atoms with E-state index in [-0.39, 0.29) is 23.3 Å². The fourth-order valence-electron chi connectivity index (χ4n) is 3.50. The van der Waals surface area contributed by atoms with E-state index < -0.39 is 23.2 Å². The third kappa shape index (κ3) is 2.06. The minimum atomic E-state index is -4.60. The molecule has 0 radical (unpaired) electrons. The van der Waals surface area contributed by atoms with Crippen molar-refractivity contribution >= 4 is 5.91 Å². The molecule has 3 rings (SSSR count). The Morgan fingerprint density at radius 2 is 2.14 bits per heavy atom. The monoisotopic (exact) mass is 302 g/mol. The highest BCUT2D eigenvalue weighted by atomic mass is 19.4. The summed E-state index contributed by atoms with van der Waals surface area (Å²) in [5.74, 6) is -0.747. The lowest BCUT2D eigenvalue weighted by Crippen LogP contribution is -2.69. The number of hydrogen-bond acceptors (Lipinski definition) is 3. The second-order valence-corrected chi connectivity index (χ2v) is 6.03. The number of nitrogens with one attached hydrogen (secondary N) is 1. The number of halogens is 3. The van der Waals surface area contributed by atoms with E-state index in [4.69, 9.17) is 10.2 Å². The van der Waals surface area contributed by atoms with Crippen molar-refractivity contribution in [2.24, 2.45) is 11.1 Å². The molecule has 1 spiro atoms. The summed E-state index contributed by atoms with van der Waals surface area (Å²) in [6.07, 6.45) is -0.488. The molecule has 21 heavy (non-hydrogen) atoms. The number of aryl methyl sites for hydroxylation is 1. The Balaban J connectivity index is 1.79. The molecular weight excluding hydrogens is 285 g/mol. The number of carbonyl (C=O) groups is 1. The maximum Gasteiger partial charge on any atom is 0.420 e. The van der Waals surface area contributed by atoms with E-state index in [2.05, 4.69) is 5.32 Å². The molecule has 2 aliphatic rings. The van der Waals surface area contributed by atoms with Crippen LogP contribution in [0.25, 0.3) is 0 Å². The van der Waals surface area contributed by atoms with Crippen molar-refractivity contribution in [3.63, 3.8) is 0 Å². The Kier molecular flexibility index (Phi) is 3.09. The molecule has 7 heteroatoms. The first-order valence-electron chi connectivity index (χ1n) is 6.97. The average Bonchev–Trinajstić information content (AvgIpc) is 2.67. The van der Waals surface area contributed by atoms with E-state index in [0.717, 1.165) is 19.3 Å². The Morgan fingerprint density at radius 1 is 1.48 bits per heavy atom. The van der Waals surface area contributed by atoms with Gasteiger partial charge in [-0.25, -0.2) is 0 Å². The minimum absolute atomic E-state index is 0.0221. The second kappa shape index (κ2) is 4.50. The van der Waals surface area contributed by atoms with Crippen molar-refractivity contribution in [1.29, 1.82) is 0 Å². The number of furan rings is 1. The highest BCUT2D eigenvalue weighted by molar-refractivity contribution is 5.97. The summed E-state index contributed by atoms with van der Waals surface area (Å²) in [5, 5.41) is 2.72. The summed E-state index contributed by atoms with van der Waals surface area (Å²) >= 11 is 0. The molecule has 0 aromatic carbocycles. The largest absolute Gasteiger partial charge is 0.468 e. The zero-order valence-corrected chi connectivity index (χ0v) is 11.6. The first kappa shape index (κ1) is 14.4. The van der Waals surface area contributed by atoms with Gasteiger partial charge in [0.25, 0.3) is 5.91 Å². The number of hydrogen-bond donors (Lipinski definition) is 2. The molecule has 4 nitrogen and oxygen atoms in total. The third-order valence-electron chi connectivity index (χ3n) is 5.02. The summed E-state index contributed by atoms with van der Waals surface area (Å²) in [6.45, 7) is 1.36. The molecule has 2 atom stereocenters. The highest BCUT2D eigenvalue weighted by Gasteiger charge is 2.57. The molecule has 1 aromatic rings. The van der Waals surface area contributed by atoms with Crippen LogP contribution < -0.4 is 11.1 Å². The predicted octanol–water partition coefficient (Wildman–Crippen LogP) is 2.61. The van der Waals surface area contributed by atoms with Crippen molar-refractivity contribution in [3.05, 3.63) is 23.2 Å². The van der Waals surface area contributed by atoms with Gasteiger partial charge in [0.2, 0.25) is 0 Å². The fourth-order valence-corrected chi connectivity index (χ4v) is 3.50. The minimum Gasteiger partial charge on any atom is -0.468 e. The van der Waals surface area contributed by atoms with E-state index in [1.165, 1.54) is 6.92 Å². The van der Waals surface area contributed by atoms with Gasteiger partial charge in [0.15, 0.2) is 0 Å². The number of nitrogens with two attached hydrogens (primary N) is 1. The van der Waals surface area contributed by atoms with E-state index in [1.807, 2.05) is 0 Å². The van der Waals surface area contributed by atoms with Gasteiger partial charge in [-0.3, -0.25) is 4.79 Å². The predicted molar refractivity (Wildman–Crippen MR) is 68.6 cm³/mol. The van der Waals surface area contributed by atoms with E-state index >= 15 is 0 Å². The third-order valence-corrected chi connectivity index (χ3v) is 5.02. The Labute approximate surface area is 119 Å². The van der Waals surface area contributed by atoms with Gasteiger partial charge in [-0.1, -0.05) is 6.42 Å². The second-order valence-electron chi connectivity index (χ2n) is 6.03. The van der Waals surface area contributed by atoms with Crippen LogP contribution in [0, 0.1) is 12.3 Å². The fraction of sp³-hybridized carbons (Fsp3) is 0.643. The molecule has 2 fully saturated rings. The summed E-state index contributed by atoms with van der Waals surface area (Å²) in [4.78, 5) is 12.2. The lowest BCUT2D eigenvalue weighted by molar-refractivity contribution is -0.138. The van der Waals surface area contributed by atoms with Crippen LogP contribution in [0.15, 0.2) is 10.7 Å². The van der Waals surface area contributed by atoms with Gasteiger partial charge in [0.1, 0.15) is 17.6 Å².